The highest BCUT2D eigenvalue weighted by Gasteiger charge is 2.39. The summed E-state index contributed by atoms with van der Waals surface area (Å²) < 4.78 is 6.66. The Morgan fingerprint density at radius 1 is 1.10 bits per heavy atom. The summed E-state index contributed by atoms with van der Waals surface area (Å²) in [6, 6.07) is 2.80. The van der Waals surface area contributed by atoms with Crippen molar-refractivity contribution in [3.63, 3.8) is 0 Å². The van der Waals surface area contributed by atoms with Gasteiger partial charge in [-0.1, -0.05) is 45.1 Å². The number of rotatable bonds is 2. The molecule has 170 valence electrons. The molecule has 1 aliphatic carbocycles. The van der Waals surface area contributed by atoms with E-state index in [2.05, 4.69) is 51.3 Å². The zero-order valence-electron chi connectivity index (χ0n) is 19.6. The molecule has 1 unspecified atom stereocenters. The molecule has 0 aromatic heterocycles. The molecule has 1 saturated carbocycles. The third-order valence-electron chi connectivity index (χ3n) is 6.89. The van der Waals surface area contributed by atoms with E-state index < -0.39 is 8.32 Å². The second kappa shape index (κ2) is 8.83. The van der Waals surface area contributed by atoms with Gasteiger partial charge in [-0.3, -0.25) is 4.79 Å². The van der Waals surface area contributed by atoms with Gasteiger partial charge in [0.2, 0.25) is 0 Å². The van der Waals surface area contributed by atoms with Crippen LogP contribution in [0.5, 0.6) is 11.5 Å². The van der Waals surface area contributed by atoms with Crippen molar-refractivity contribution in [2.75, 3.05) is 0 Å². The number of phenolic OH excluding ortho intramolecular Hbond substituents is 2. The van der Waals surface area contributed by atoms with Crippen molar-refractivity contribution in [3.05, 3.63) is 47.6 Å². The van der Waals surface area contributed by atoms with Crippen molar-refractivity contribution >= 4 is 14.2 Å². The lowest BCUT2D eigenvalue weighted by atomic mass is 9.98. The van der Waals surface area contributed by atoms with Gasteiger partial charge < -0.3 is 20.0 Å². The zero-order valence-corrected chi connectivity index (χ0v) is 20.6. The van der Waals surface area contributed by atoms with E-state index in [1.54, 1.807) is 6.07 Å². The van der Waals surface area contributed by atoms with Crippen molar-refractivity contribution in [2.24, 2.45) is 11.8 Å². The first-order valence-corrected chi connectivity index (χ1v) is 14.2. The van der Waals surface area contributed by atoms with Crippen LogP contribution >= 0.6 is 0 Å². The Morgan fingerprint density at radius 2 is 1.77 bits per heavy atom. The molecule has 0 bridgehead atoms. The van der Waals surface area contributed by atoms with Gasteiger partial charge in [0, 0.05) is 18.5 Å². The number of hydrogen-bond donors (Lipinski definition) is 3. The van der Waals surface area contributed by atoms with Crippen LogP contribution in [0.3, 0.4) is 0 Å². The summed E-state index contributed by atoms with van der Waals surface area (Å²) in [4.78, 5) is 13.1. The minimum absolute atomic E-state index is 0.00899. The minimum Gasteiger partial charge on any atom is -0.508 e. The normalized spacial score (nSPS) is 27.1. The molecule has 1 amide bonds. The molecule has 1 aliphatic heterocycles. The number of carbonyl (C=O) groups excluding carboxylic acids is 1. The van der Waals surface area contributed by atoms with E-state index in [9.17, 15) is 15.0 Å². The molecule has 2 aliphatic rings. The van der Waals surface area contributed by atoms with Gasteiger partial charge in [-0.05, 0) is 61.4 Å². The maximum Gasteiger partial charge on any atom is 0.255 e. The lowest BCUT2D eigenvalue weighted by molar-refractivity contribution is 0.0933. The second-order valence-corrected chi connectivity index (χ2v) is 15.4. The predicted octanol–water partition coefficient (Wildman–Crippen LogP) is 5.30. The van der Waals surface area contributed by atoms with Crippen LogP contribution in [0.25, 0.3) is 0 Å². The summed E-state index contributed by atoms with van der Waals surface area (Å²) in [5.41, 5.74) is 0.808. The third kappa shape index (κ3) is 5.80. The largest absolute Gasteiger partial charge is 0.508 e. The zero-order chi connectivity index (χ0) is 23.0. The highest BCUT2D eigenvalue weighted by molar-refractivity contribution is 6.74. The van der Waals surface area contributed by atoms with Crippen LogP contribution in [0, 0.1) is 11.8 Å². The molecule has 1 aromatic rings. The summed E-state index contributed by atoms with van der Waals surface area (Å²) in [5, 5.41) is 23.7. The van der Waals surface area contributed by atoms with Crippen LogP contribution in [-0.2, 0) is 10.8 Å². The smallest absolute Gasteiger partial charge is 0.255 e. The monoisotopic (exact) mass is 443 g/mol. The molecule has 31 heavy (non-hydrogen) atoms. The number of amides is 1. The number of phenols is 2. The molecular weight excluding hydrogens is 406 g/mol. The van der Waals surface area contributed by atoms with Crippen molar-refractivity contribution in [3.8, 4) is 11.5 Å². The lowest BCUT2D eigenvalue weighted by Gasteiger charge is -2.38. The van der Waals surface area contributed by atoms with Crippen molar-refractivity contribution in [2.45, 2.75) is 77.2 Å². The Morgan fingerprint density at radius 3 is 2.45 bits per heavy atom. The third-order valence-corrected chi connectivity index (χ3v) is 11.4. The van der Waals surface area contributed by atoms with Crippen molar-refractivity contribution < 1.29 is 19.4 Å². The summed E-state index contributed by atoms with van der Waals surface area (Å²) in [6.45, 7) is 13.0. The first kappa shape index (κ1) is 23.6. The first-order valence-electron chi connectivity index (χ1n) is 11.3. The number of allylic oxidation sites excluding steroid dienone is 3. The van der Waals surface area contributed by atoms with E-state index in [-0.39, 0.29) is 40.2 Å². The van der Waals surface area contributed by atoms with E-state index in [4.69, 9.17) is 4.43 Å². The average Bonchev–Trinajstić information content (AvgIpc) is 3.33. The van der Waals surface area contributed by atoms with Crippen LogP contribution in [0.4, 0.5) is 0 Å². The van der Waals surface area contributed by atoms with E-state index in [1.807, 2.05) is 19.1 Å². The van der Waals surface area contributed by atoms with Crippen LogP contribution in [0.2, 0.25) is 18.1 Å². The van der Waals surface area contributed by atoms with E-state index >= 15 is 0 Å². The predicted molar refractivity (Wildman–Crippen MR) is 127 cm³/mol. The van der Waals surface area contributed by atoms with Gasteiger partial charge >= 0.3 is 0 Å². The maximum absolute atomic E-state index is 13.1. The average molecular weight is 444 g/mol. The first-order chi connectivity index (χ1) is 14.4. The SMILES string of the molecule is C[C@@H]1C[C@H]2C[C@@H]2C=CC=CC(O[Si](C)(C)C(C)(C)C)Cc2cc(O)cc(O)c2C(=O)N1. The minimum atomic E-state index is -2.08. The van der Waals surface area contributed by atoms with Crippen molar-refractivity contribution in [1.29, 1.82) is 0 Å². The van der Waals surface area contributed by atoms with Crippen LogP contribution in [0.15, 0.2) is 36.4 Å². The molecule has 6 heteroatoms. The molecule has 3 rings (SSSR count). The molecule has 1 fully saturated rings. The maximum atomic E-state index is 13.1. The summed E-state index contributed by atoms with van der Waals surface area (Å²) >= 11 is 0. The molecule has 0 radical (unpaired) electrons. The highest BCUT2D eigenvalue weighted by Crippen LogP contribution is 2.43. The van der Waals surface area contributed by atoms with Gasteiger partial charge in [-0.2, -0.15) is 0 Å². The van der Waals surface area contributed by atoms with E-state index in [0.29, 0.717) is 23.8 Å². The Bertz CT molecular complexity index is 884. The number of hydrogen-bond acceptors (Lipinski definition) is 4. The summed E-state index contributed by atoms with van der Waals surface area (Å²) in [6.07, 6.45) is 10.6. The quantitative estimate of drug-likeness (QED) is 0.542. The van der Waals surface area contributed by atoms with Crippen LogP contribution in [-0.4, -0.2) is 36.6 Å². The van der Waals surface area contributed by atoms with Gasteiger partial charge in [0.25, 0.3) is 5.91 Å². The summed E-state index contributed by atoms with van der Waals surface area (Å²) in [5.74, 6) is 0.569. The second-order valence-electron chi connectivity index (χ2n) is 10.7. The van der Waals surface area contributed by atoms with Crippen LogP contribution < -0.4 is 5.32 Å². The number of fused-ring (bicyclic) bond motifs is 2. The number of nitrogens with one attached hydrogen (secondary N) is 1. The Hall–Kier alpha value is -2.05. The fourth-order valence-corrected chi connectivity index (χ4v) is 5.27. The lowest BCUT2D eigenvalue weighted by Crippen LogP contribution is -2.44. The Kier molecular flexibility index (Phi) is 6.72. The van der Waals surface area contributed by atoms with E-state index in [1.165, 1.54) is 6.07 Å². The molecule has 1 heterocycles. The van der Waals surface area contributed by atoms with E-state index in [0.717, 1.165) is 12.8 Å². The van der Waals surface area contributed by atoms with Crippen molar-refractivity contribution in [1.82, 2.24) is 5.32 Å². The molecule has 5 nitrogen and oxygen atoms in total. The molecule has 3 N–H and O–H groups in total. The van der Waals surface area contributed by atoms with Gasteiger partial charge in [0.05, 0.1) is 11.7 Å². The van der Waals surface area contributed by atoms with Crippen LogP contribution in [0.1, 0.15) is 56.5 Å². The molecule has 0 saturated heterocycles. The summed E-state index contributed by atoms with van der Waals surface area (Å²) in [7, 11) is -2.08. The molecule has 4 atom stereocenters. The highest BCUT2D eigenvalue weighted by atomic mass is 28.4. The standard InChI is InChI=1S/C25H37NO4Si/c1-16-11-18-12-17(18)9-7-8-10-21(30-31(5,6)25(2,3)4)14-19-13-20(27)15-22(28)23(19)24(29)26-16/h7-10,13,15-18,21,27-28H,11-12,14H2,1-6H3,(H,26,29)/t16-,17+,18+,21?/m1/s1. The van der Waals surface area contributed by atoms with Gasteiger partial charge in [0.1, 0.15) is 11.5 Å². The molecular formula is C25H37NO4Si. The fraction of sp³-hybridized carbons (Fsp3) is 0.560. The fourth-order valence-electron chi connectivity index (χ4n) is 3.99. The van der Waals surface area contributed by atoms with Gasteiger partial charge in [0.15, 0.2) is 8.32 Å². The topological polar surface area (TPSA) is 78.8 Å². The number of aromatic hydroxyl groups is 2. The Balaban J connectivity index is 2.00. The van der Waals surface area contributed by atoms with Gasteiger partial charge in [-0.15, -0.1) is 0 Å². The number of carbonyl (C=O) groups is 1. The Labute approximate surface area is 187 Å². The number of benzene rings is 1. The molecule has 0 spiro atoms. The molecule has 1 aromatic carbocycles. The van der Waals surface area contributed by atoms with Gasteiger partial charge in [-0.25, -0.2) is 0 Å².